The number of aromatic nitrogens is 1. The summed E-state index contributed by atoms with van der Waals surface area (Å²) in [5, 5.41) is 3.70. The average Bonchev–Trinajstić information content (AvgIpc) is 3.30. The lowest BCUT2D eigenvalue weighted by Gasteiger charge is -2.22. The summed E-state index contributed by atoms with van der Waals surface area (Å²) in [6.45, 7) is 1.97. The third-order valence-electron chi connectivity index (χ3n) is 3.99. The molecule has 0 saturated heterocycles. The van der Waals surface area contributed by atoms with Gasteiger partial charge in [0, 0.05) is 0 Å². The van der Waals surface area contributed by atoms with Gasteiger partial charge in [0.15, 0.2) is 11.0 Å². The van der Waals surface area contributed by atoms with E-state index in [2.05, 4.69) is 10.3 Å². The fourth-order valence-corrected chi connectivity index (χ4v) is 3.67. The molecule has 0 amide bonds. The number of anilines is 1. The van der Waals surface area contributed by atoms with Gasteiger partial charge in [-0.1, -0.05) is 23.5 Å². The molecule has 0 aliphatic rings. The van der Waals surface area contributed by atoms with E-state index in [-0.39, 0.29) is 0 Å². The van der Waals surface area contributed by atoms with E-state index in [0.717, 1.165) is 15.8 Å². The highest BCUT2D eigenvalue weighted by molar-refractivity contribution is 7.22. The number of hydrogen-bond donors (Lipinski definition) is 1. The van der Waals surface area contributed by atoms with Gasteiger partial charge in [0.05, 0.1) is 30.7 Å². The fourth-order valence-electron chi connectivity index (χ4n) is 2.69. The van der Waals surface area contributed by atoms with Crippen LogP contribution in [0.1, 0.15) is 17.4 Å². The monoisotopic (exact) mass is 374 g/mol. The number of carbonyl (C=O) groups excluding carboxylic acids is 2. The van der Waals surface area contributed by atoms with Gasteiger partial charge in [0.2, 0.25) is 0 Å². The van der Waals surface area contributed by atoms with Crippen LogP contribution in [0.5, 0.6) is 0 Å². The second-order valence-electron chi connectivity index (χ2n) is 5.60. The Kier molecular flexibility index (Phi) is 5.22. The van der Waals surface area contributed by atoms with Crippen LogP contribution in [-0.2, 0) is 19.1 Å². The summed E-state index contributed by atoms with van der Waals surface area (Å²) in [4.78, 5) is 29.1. The number of rotatable bonds is 6. The first-order chi connectivity index (χ1) is 12.5. The Hall–Kier alpha value is -2.87. The van der Waals surface area contributed by atoms with Gasteiger partial charge >= 0.3 is 11.9 Å². The van der Waals surface area contributed by atoms with Crippen LogP contribution in [0.3, 0.4) is 0 Å². The molecule has 2 aromatic heterocycles. The number of thiazole rings is 1. The molecule has 8 heteroatoms. The Balaban J connectivity index is 2.01. The van der Waals surface area contributed by atoms with Crippen molar-refractivity contribution in [3.05, 3.63) is 47.9 Å². The lowest BCUT2D eigenvalue weighted by Crippen LogP contribution is -2.35. The van der Waals surface area contributed by atoms with E-state index in [0.29, 0.717) is 10.9 Å². The Morgan fingerprint density at radius 2 is 1.88 bits per heavy atom. The molecule has 26 heavy (non-hydrogen) atoms. The van der Waals surface area contributed by atoms with Crippen molar-refractivity contribution < 1.29 is 23.5 Å². The van der Waals surface area contributed by atoms with Crippen molar-refractivity contribution in [1.82, 2.24) is 4.98 Å². The summed E-state index contributed by atoms with van der Waals surface area (Å²) in [6.07, 6.45) is 1.47. The van der Waals surface area contributed by atoms with Crippen molar-refractivity contribution in [1.29, 1.82) is 0 Å². The largest absolute Gasteiger partial charge is 0.468 e. The van der Waals surface area contributed by atoms with E-state index in [4.69, 9.17) is 13.9 Å². The van der Waals surface area contributed by atoms with Gasteiger partial charge in [-0.3, -0.25) is 9.59 Å². The fraction of sp³-hybridized carbons (Fsp3) is 0.278. The van der Waals surface area contributed by atoms with E-state index < -0.39 is 23.9 Å². The molecule has 3 aromatic rings. The second kappa shape index (κ2) is 7.57. The lowest BCUT2D eigenvalue weighted by atomic mass is 9.97. The van der Waals surface area contributed by atoms with Crippen molar-refractivity contribution >= 4 is 38.6 Å². The maximum absolute atomic E-state index is 12.2. The SMILES string of the molecule is COC(=O)C(C(=O)OC)C(Nc1nc2c(C)cccc2s1)c1ccco1. The van der Waals surface area contributed by atoms with Crippen LogP contribution in [0.25, 0.3) is 10.2 Å². The minimum Gasteiger partial charge on any atom is -0.468 e. The predicted molar refractivity (Wildman–Crippen MR) is 97.0 cm³/mol. The number of methoxy groups -OCH3 is 2. The van der Waals surface area contributed by atoms with E-state index in [1.165, 1.54) is 31.8 Å². The molecule has 3 rings (SSSR count). The van der Waals surface area contributed by atoms with Gasteiger partial charge in [-0.2, -0.15) is 0 Å². The molecule has 1 N–H and O–H groups in total. The molecule has 0 aliphatic heterocycles. The molecule has 0 radical (unpaired) electrons. The smallest absolute Gasteiger partial charge is 0.322 e. The molecule has 1 aromatic carbocycles. The number of carbonyl (C=O) groups is 2. The van der Waals surface area contributed by atoms with Crippen LogP contribution in [0.2, 0.25) is 0 Å². The molecule has 0 aliphatic carbocycles. The summed E-state index contributed by atoms with van der Waals surface area (Å²) in [5.41, 5.74) is 1.91. The van der Waals surface area contributed by atoms with E-state index in [9.17, 15) is 9.59 Å². The predicted octanol–water partition coefficient (Wildman–Crippen LogP) is 3.31. The maximum Gasteiger partial charge on any atom is 0.322 e. The Bertz CT molecular complexity index is 903. The van der Waals surface area contributed by atoms with Gasteiger partial charge in [0.1, 0.15) is 11.8 Å². The number of aryl methyl sites for hydroxylation is 1. The summed E-state index contributed by atoms with van der Waals surface area (Å²) >= 11 is 1.42. The number of nitrogens with zero attached hydrogens (tertiary/aromatic N) is 1. The van der Waals surface area contributed by atoms with Crippen molar-refractivity contribution in [3.63, 3.8) is 0 Å². The molecule has 7 nitrogen and oxygen atoms in total. The number of para-hydroxylation sites is 1. The zero-order valence-electron chi connectivity index (χ0n) is 14.5. The van der Waals surface area contributed by atoms with Crippen molar-refractivity contribution in [2.75, 3.05) is 19.5 Å². The lowest BCUT2D eigenvalue weighted by molar-refractivity contribution is -0.159. The number of esters is 2. The Morgan fingerprint density at radius 1 is 1.15 bits per heavy atom. The molecule has 1 unspecified atom stereocenters. The normalized spacial score (nSPS) is 12.2. The average molecular weight is 374 g/mol. The summed E-state index contributed by atoms with van der Waals surface area (Å²) in [7, 11) is 2.44. The second-order valence-corrected chi connectivity index (χ2v) is 6.63. The maximum atomic E-state index is 12.2. The summed E-state index contributed by atoms with van der Waals surface area (Å²) in [5.74, 6) is -2.27. The Morgan fingerprint density at radius 3 is 2.46 bits per heavy atom. The molecule has 0 fully saturated rings. The minimum absolute atomic E-state index is 0.404. The van der Waals surface area contributed by atoms with Gasteiger partial charge in [0.25, 0.3) is 0 Å². The number of ether oxygens (including phenoxy) is 2. The third kappa shape index (κ3) is 3.41. The number of benzene rings is 1. The van der Waals surface area contributed by atoms with E-state index in [1.54, 1.807) is 12.1 Å². The molecular weight excluding hydrogens is 356 g/mol. The van der Waals surface area contributed by atoms with Gasteiger partial charge in [-0.25, -0.2) is 4.98 Å². The first kappa shape index (κ1) is 17.9. The van der Waals surface area contributed by atoms with Gasteiger partial charge in [-0.05, 0) is 30.7 Å². The molecule has 0 bridgehead atoms. The van der Waals surface area contributed by atoms with Gasteiger partial charge in [-0.15, -0.1) is 0 Å². The summed E-state index contributed by atoms with van der Waals surface area (Å²) in [6, 6.07) is 8.43. The minimum atomic E-state index is -1.23. The number of nitrogens with one attached hydrogen (secondary N) is 1. The summed E-state index contributed by atoms with van der Waals surface area (Å²) < 4.78 is 16.0. The molecule has 2 heterocycles. The number of hydrogen-bond acceptors (Lipinski definition) is 8. The zero-order valence-corrected chi connectivity index (χ0v) is 15.3. The highest BCUT2D eigenvalue weighted by Crippen LogP contribution is 2.34. The molecular formula is C18H18N2O5S. The molecule has 136 valence electrons. The molecule has 0 saturated carbocycles. The van der Waals surface area contributed by atoms with Gasteiger partial charge < -0.3 is 19.2 Å². The molecule has 0 spiro atoms. The molecule has 1 atom stereocenters. The van der Waals surface area contributed by atoms with Crippen LogP contribution < -0.4 is 5.32 Å². The van der Waals surface area contributed by atoms with Crippen LogP contribution in [0.4, 0.5) is 5.13 Å². The first-order valence-electron chi connectivity index (χ1n) is 7.87. The Labute approximate surface area is 153 Å². The third-order valence-corrected chi connectivity index (χ3v) is 4.94. The highest BCUT2D eigenvalue weighted by Gasteiger charge is 2.40. The van der Waals surface area contributed by atoms with E-state index >= 15 is 0 Å². The zero-order chi connectivity index (χ0) is 18.7. The number of fused-ring (bicyclic) bond motifs is 1. The van der Waals surface area contributed by atoms with Crippen LogP contribution in [0.15, 0.2) is 41.0 Å². The first-order valence-corrected chi connectivity index (χ1v) is 8.68. The van der Waals surface area contributed by atoms with Crippen molar-refractivity contribution in [2.24, 2.45) is 5.92 Å². The topological polar surface area (TPSA) is 90.7 Å². The van der Waals surface area contributed by atoms with Crippen LogP contribution in [-0.4, -0.2) is 31.1 Å². The standard InChI is InChI=1S/C18H18N2O5S/c1-10-6-4-8-12-14(10)19-18(26-12)20-15(11-7-5-9-25-11)13(16(21)23-2)17(22)24-3/h4-9,13,15H,1-3H3,(H,19,20). The number of furan rings is 1. The van der Waals surface area contributed by atoms with Crippen molar-refractivity contribution in [3.8, 4) is 0 Å². The van der Waals surface area contributed by atoms with E-state index in [1.807, 2.05) is 25.1 Å². The quantitative estimate of drug-likeness (QED) is 0.523. The van der Waals surface area contributed by atoms with Crippen LogP contribution >= 0.6 is 11.3 Å². The van der Waals surface area contributed by atoms with Crippen molar-refractivity contribution in [2.45, 2.75) is 13.0 Å². The highest BCUT2D eigenvalue weighted by atomic mass is 32.1. The van der Waals surface area contributed by atoms with Crippen LogP contribution in [0, 0.1) is 12.8 Å².